The monoisotopic (exact) mass is 274 g/mol. The van der Waals surface area contributed by atoms with Crippen LogP contribution < -0.4 is 10.1 Å². The number of nitrogens with one attached hydrogen (secondary N) is 2. The number of ether oxygens (including phenoxy) is 1. The van der Waals surface area contributed by atoms with E-state index in [4.69, 9.17) is 4.74 Å². The molecule has 0 atom stereocenters. The number of hydrogen-bond donors (Lipinski definition) is 2. The molecule has 20 heavy (non-hydrogen) atoms. The zero-order valence-electron chi connectivity index (χ0n) is 12.0. The van der Waals surface area contributed by atoms with E-state index in [0.717, 1.165) is 55.3 Å². The summed E-state index contributed by atoms with van der Waals surface area (Å²) in [6.07, 6.45) is 1.20. The van der Waals surface area contributed by atoms with Gasteiger partial charge in [-0.1, -0.05) is 0 Å². The van der Waals surface area contributed by atoms with Crippen molar-refractivity contribution < 1.29 is 4.74 Å². The Labute approximate surface area is 119 Å². The van der Waals surface area contributed by atoms with E-state index in [1.165, 1.54) is 6.42 Å². The Balaban J connectivity index is 1.74. The molecular weight excluding hydrogens is 252 g/mol. The van der Waals surface area contributed by atoms with Crippen molar-refractivity contribution in [1.82, 2.24) is 20.2 Å². The Bertz CT molecular complexity index is 558. The van der Waals surface area contributed by atoms with Gasteiger partial charge in [0.2, 0.25) is 0 Å². The highest BCUT2D eigenvalue weighted by Gasteiger charge is 2.11. The molecule has 2 N–H and O–H groups in total. The van der Waals surface area contributed by atoms with Gasteiger partial charge in [0, 0.05) is 19.2 Å². The molecule has 5 heteroatoms. The summed E-state index contributed by atoms with van der Waals surface area (Å²) < 4.78 is 5.52. The van der Waals surface area contributed by atoms with Gasteiger partial charge in [0.05, 0.1) is 24.2 Å². The normalized spacial score (nSPS) is 17.2. The number of nitrogens with zero attached hydrogens (tertiary/aromatic N) is 2. The molecule has 3 rings (SSSR count). The molecular formula is C15H22N4O. The van der Waals surface area contributed by atoms with Gasteiger partial charge in [-0.05, 0) is 38.6 Å². The Hall–Kier alpha value is -1.59. The van der Waals surface area contributed by atoms with E-state index >= 15 is 0 Å². The van der Waals surface area contributed by atoms with Gasteiger partial charge in [-0.2, -0.15) is 0 Å². The summed E-state index contributed by atoms with van der Waals surface area (Å²) in [4.78, 5) is 10.5. The first-order valence-corrected chi connectivity index (χ1v) is 7.39. The van der Waals surface area contributed by atoms with Gasteiger partial charge in [-0.25, -0.2) is 4.98 Å². The van der Waals surface area contributed by atoms with Crippen LogP contribution in [0.15, 0.2) is 18.2 Å². The zero-order valence-corrected chi connectivity index (χ0v) is 12.0. The molecule has 2 aromatic rings. The molecule has 0 spiro atoms. The van der Waals surface area contributed by atoms with Crippen LogP contribution in [0, 0.1) is 0 Å². The third-order valence-electron chi connectivity index (χ3n) is 3.62. The van der Waals surface area contributed by atoms with E-state index in [9.17, 15) is 0 Å². The van der Waals surface area contributed by atoms with Gasteiger partial charge >= 0.3 is 0 Å². The van der Waals surface area contributed by atoms with Crippen LogP contribution in [0.5, 0.6) is 5.75 Å². The Morgan fingerprint density at radius 2 is 2.25 bits per heavy atom. The standard InChI is InChI=1S/C15H22N4O/c1-2-20-12-4-5-13-14(10-12)18-15(17-13)11-19-8-3-6-16-7-9-19/h4-5,10,16H,2-3,6-9,11H2,1H3,(H,17,18). The Kier molecular flexibility index (Phi) is 4.18. The molecule has 1 saturated heterocycles. The van der Waals surface area contributed by atoms with E-state index in [2.05, 4.69) is 20.2 Å². The van der Waals surface area contributed by atoms with Crippen LogP contribution >= 0.6 is 0 Å². The minimum Gasteiger partial charge on any atom is -0.494 e. The average molecular weight is 274 g/mol. The van der Waals surface area contributed by atoms with Crippen molar-refractivity contribution >= 4 is 11.0 Å². The quantitative estimate of drug-likeness (QED) is 0.892. The fraction of sp³-hybridized carbons (Fsp3) is 0.533. The maximum Gasteiger partial charge on any atom is 0.121 e. The number of aromatic amines is 1. The average Bonchev–Trinajstić information content (AvgIpc) is 2.65. The van der Waals surface area contributed by atoms with Crippen molar-refractivity contribution in [2.75, 3.05) is 32.8 Å². The fourth-order valence-electron chi connectivity index (χ4n) is 2.64. The smallest absolute Gasteiger partial charge is 0.121 e. The number of H-pyrrole nitrogens is 1. The first-order valence-electron chi connectivity index (χ1n) is 7.39. The molecule has 0 unspecified atom stereocenters. The maximum absolute atomic E-state index is 5.52. The minimum atomic E-state index is 0.688. The lowest BCUT2D eigenvalue weighted by Crippen LogP contribution is -2.28. The molecule has 0 radical (unpaired) electrons. The van der Waals surface area contributed by atoms with E-state index < -0.39 is 0 Å². The predicted molar refractivity (Wildman–Crippen MR) is 80.0 cm³/mol. The molecule has 0 bridgehead atoms. The molecule has 1 aromatic carbocycles. The van der Waals surface area contributed by atoms with E-state index in [1.807, 2.05) is 25.1 Å². The van der Waals surface area contributed by atoms with Crippen molar-refractivity contribution in [1.29, 1.82) is 0 Å². The third-order valence-corrected chi connectivity index (χ3v) is 3.62. The number of hydrogen-bond acceptors (Lipinski definition) is 4. The second-order valence-electron chi connectivity index (χ2n) is 5.18. The topological polar surface area (TPSA) is 53.2 Å². The summed E-state index contributed by atoms with van der Waals surface area (Å²) in [6.45, 7) is 7.97. The van der Waals surface area contributed by atoms with Crippen molar-refractivity contribution in [3.05, 3.63) is 24.0 Å². The number of aromatic nitrogens is 2. The van der Waals surface area contributed by atoms with Crippen LogP contribution in [0.25, 0.3) is 11.0 Å². The van der Waals surface area contributed by atoms with Gasteiger partial charge < -0.3 is 15.0 Å². The summed E-state index contributed by atoms with van der Waals surface area (Å²) in [5, 5.41) is 3.42. The van der Waals surface area contributed by atoms with Crippen molar-refractivity contribution in [3.8, 4) is 5.75 Å². The van der Waals surface area contributed by atoms with Crippen LogP contribution in [0.4, 0.5) is 0 Å². The lowest BCUT2D eigenvalue weighted by Gasteiger charge is -2.17. The Morgan fingerprint density at radius 3 is 3.15 bits per heavy atom. The lowest BCUT2D eigenvalue weighted by atomic mass is 10.3. The maximum atomic E-state index is 5.52. The summed E-state index contributed by atoms with van der Waals surface area (Å²) in [5.74, 6) is 1.93. The molecule has 2 heterocycles. The molecule has 1 fully saturated rings. The minimum absolute atomic E-state index is 0.688. The summed E-state index contributed by atoms with van der Waals surface area (Å²) >= 11 is 0. The number of fused-ring (bicyclic) bond motifs is 1. The van der Waals surface area contributed by atoms with Crippen LogP contribution in [0.3, 0.4) is 0 Å². The van der Waals surface area contributed by atoms with Crippen molar-refractivity contribution in [2.45, 2.75) is 19.9 Å². The second kappa shape index (κ2) is 6.24. The van der Waals surface area contributed by atoms with E-state index in [1.54, 1.807) is 0 Å². The van der Waals surface area contributed by atoms with Gasteiger partial charge in [-0.15, -0.1) is 0 Å². The van der Waals surface area contributed by atoms with Crippen LogP contribution in [-0.2, 0) is 6.54 Å². The first-order chi connectivity index (χ1) is 9.85. The number of rotatable bonds is 4. The van der Waals surface area contributed by atoms with E-state index in [-0.39, 0.29) is 0 Å². The van der Waals surface area contributed by atoms with Crippen LogP contribution in [0.2, 0.25) is 0 Å². The van der Waals surface area contributed by atoms with Gasteiger partial charge in [-0.3, -0.25) is 4.90 Å². The molecule has 5 nitrogen and oxygen atoms in total. The van der Waals surface area contributed by atoms with E-state index in [0.29, 0.717) is 6.61 Å². The number of benzene rings is 1. The zero-order chi connectivity index (χ0) is 13.8. The summed E-state index contributed by atoms with van der Waals surface area (Å²) in [5.41, 5.74) is 2.07. The first kappa shape index (κ1) is 13.4. The highest BCUT2D eigenvalue weighted by atomic mass is 16.5. The van der Waals surface area contributed by atoms with Gasteiger partial charge in [0.1, 0.15) is 11.6 Å². The molecule has 0 saturated carbocycles. The largest absolute Gasteiger partial charge is 0.494 e. The highest BCUT2D eigenvalue weighted by Crippen LogP contribution is 2.19. The third kappa shape index (κ3) is 3.11. The van der Waals surface area contributed by atoms with Crippen LogP contribution in [-0.4, -0.2) is 47.7 Å². The summed E-state index contributed by atoms with van der Waals surface area (Å²) in [6, 6.07) is 6.02. The molecule has 108 valence electrons. The predicted octanol–water partition coefficient (Wildman–Crippen LogP) is 1.76. The number of imidazole rings is 1. The van der Waals surface area contributed by atoms with Crippen molar-refractivity contribution in [2.24, 2.45) is 0 Å². The Morgan fingerprint density at radius 1 is 1.30 bits per heavy atom. The second-order valence-corrected chi connectivity index (χ2v) is 5.18. The van der Waals surface area contributed by atoms with Crippen LogP contribution in [0.1, 0.15) is 19.2 Å². The molecule has 0 amide bonds. The molecule has 1 aliphatic heterocycles. The highest BCUT2D eigenvalue weighted by molar-refractivity contribution is 5.76. The molecule has 1 aliphatic rings. The SMILES string of the molecule is CCOc1ccc2nc(CN3CCCNCC3)[nH]c2c1. The molecule has 0 aliphatic carbocycles. The van der Waals surface area contributed by atoms with Crippen molar-refractivity contribution in [3.63, 3.8) is 0 Å². The van der Waals surface area contributed by atoms with Gasteiger partial charge in [0.25, 0.3) is 0 Å². The fourth-order valence-corrected chi connectivity index (χ4v) is 2.64. The molecule has 1 aromatic heterocycles. The lowest BCUT2D eigenvalue weighted by molar-refractivity contribution is 0.278. The summed E-state index contributed by atoms with van der Waals surface area (Å²) in [7, 11) is 0. The van der Waals surface area contributed by atoms with Gasteiger partial charge in [0.15, 0.2) is 0 Å².